The van der Waals surface area contributed by atoms with Crippen LogP contribution in [0.25, 0.3) is 0 Å². The third kappa shape index (κ3) is 4.25. The number of nitrogens with zero attached hydrogens (tertiary/aromatic N) is 1. The normalized spacial score (nSPS) is 17.2. The summed E-state index contributed by atoms with van der Waals surface area (Å²) in [6, 6.07) is 12.4. The fourth-order valence-electron chi connectivity index (χ4n) is 3.41. The Bertz CT molecular complexity index is 645. The number of benzene rings is 1. The molecule has 0 bridgehead atoms. The van der Waals surface area contributed by atoms with Crippen molar-refractivity contribution in [2.45, 2.75) is 38.6 Å². The van der Waals surface area contributed by atoms with Gasteiger partial charge in [-0.1, -0.05) is 37.1 Å². The summed E-state index contributed by atoms with van der Waals surface area (Å²) in [4.78, 5) is 16.5. The van der Waals surface area contributed by atoms with Crippen LogP contribution in [-0.4, -0.2) is 30.4 Å². The second kappa shape index (κ2) is 8.45. The first-order valence-electron chi connectivity index (χ1n) is 8.87. The average Bonchev–Trinajstić information content (AvgIpc) is 2.98. The molecule has 0 saturated carbocycles. The van der Waals surface area contributed by atoms with E-state index in [0.717, 1.165) is 24.2 Å². The zero-order valence-corrected chi connectivity index (χ0v) is 15.1. The highest BCUT2D eigenvalue weighted by atomic mass is 32.1. The Balaban J connectivity index is 1.70. The van der Waals surface area contributed by atoms with Gasteiger partial charge in [-0.2, -0.15) is 0 Å². The Morgan fingerprint density at radius 3 is 2.54 bits per heavy atom. The van der Waals surface area contributed by atoms with Gasteiger partial charge < -0.3 is 5.32 Å². The molecule has 1 atom stereocenters. The highest BCUT2D eigenvalue weighted by Gasteiger charge is 2.23. The van der Waals surface area contributed by atoms with Crippen LogP contribution < -0.4 is 5.32 Å². The summed E-state index contributed by atoms with van der Waals surface area (Å²) in [5.41, 5.74) is 1.80. The summed E-state index contributed by atoms with van der Waals surface area (Å²) in [6.45, 7) is 4.92. The second-order valence-electron chi connectivity index (χ2n) is 6.51. The minimum Gasteiger partial charge on any atom is -0.350 e. The Morgan fingerprint density at radius 1 is 1.12 bits per heavy atom. The molecule has 1 aliphatic heterocycles. The number of nitrogens with one attached hydrogen (secondary N) is 1. The van der Waals surface area contributed by atoms with Gasteiger partial charge in [0.1, 0.15) is 0 Å². The molecular formula is C20H26N2OS. The molecule has 0 radical (unpaired) electrons. The standard InChI is InChI=1S/C20H26N2OS/c1-16-9-4-5-10-17(16)20(23)21-15-18(19-11-8-14-24-19)22-12-6-2-3-7-13-22/h4-5,8-11,14,18H,2-3,6-7,12-13,15H2,1H3,(H,21,23)/t18-/m0/s1. The van der Waals surface area contributed by atoms with E-state index in [2.05, 4.69) is 27.7 Å². The number of rotatable bonds is 5. The Morgan fingerprint density at radius 2 is 1.88 bits per heavy atom. The van der Waals surface area contributed by atoms with Crippen LogP contribution in [0.15, 0.2) is 41.8 Å². The van der Waals surface area contributed by atoms with Gasteiger partial charge in [0.05, 0.1) is 6.04 Å². The van der Waals surface area contributed by atoms with Crippen LogP contribution in [0.5, 0.6) is 0 Å². The van der Waals surface area contributed by atoms with Gasteiger partial charge >= 0.3 is 0 Å². The molecule has 0 unspecified atom stereocenters. The van der Waals surface area contributed by atoms with Gasteiger partial charge in [-0.05, 0) is 55.9 Å². The maximum atomic E-state index is 12.6. The fraction of sp³-hybridized carbons (Fsp3) is 0.450. The Hall–Kier alpha value is -1.65. The van der Waals surface area contributed by atoms with Gasteiger partial charge in [-0.3, -0.25) is 9.69 Å². The zero-order valence-electron chi connectivity index (χ0n) is 14.3. The van der Waals surface area contributed by atoms with Gasteiger partial charge in [0.2, 0.25) is 0 Å². The lowest BCUT2D eigenvalue weighted by Gasteiger charge is -2.30. The fourth-order valence-corrected chi connectivity index (χ4v) is 4.27. The SMILES string of the molecule is Cc1ccccc1C(=O)NC[C@@H](c1cccs1)N1CCCCCC1. The molecule has 0 spiro atoms. The number of amides is 1. The van der Waals surface area contributed by atoms with Gasteiger partial charge in [0, 0.05) is 17.0 Å². The third-order valence-corrected chi connectivity index (χ3v) is 5.77. The summed E-state index contributed by atoms with van der Waals surface area (Å²) in [6.07, 6.45) is 5.16. The average molecular weight is 343 g/mol. The second-order valence-corrected chi connectivity index (χ2v) is 7.49. The van der Waals surface area contributed by atoms with E-state index in [-0.39, 0.29) is 11.9 Å². The summed E-state index contributed by atoms with van der Waals surface area (Å²) < 4.78 is 0. The molecule has 2 heterocycles. The van der Waals surface area contributed by atoms with Crippen molar-refractivity contribution in [2.75, 3.05) is 19.6 Å². The van der Waals surface area contributed by atoms with E-state index in [1.807, 2.05) is 31.2 Å². The lowest BCUT2D eigenvalue weighted by atomic mass is 10.1. The van der Waals surface area contributed by atoms with Crippen molar-refractivity contribution in [1.82, 2.24) is 10.2 Å². The molecule has 4 heteroatoms. The van der Waals surface area contributed by atoms with Crippen LogP contribution in [0, 0.1) is 6.92 Å². The predicted octanol–water partition coefficient (Wildman–Crippen LogP) is 4.40. The van der Waals surface area contributed by atoms with Crippen molar-refractivity contribution < 1.29 is 4.79 Å². The Kier molecular flexibility index (Phi) is 6.05. The van der Waals surface area contributed by atoms with Crippen LogP contribution in [0.1, 0.15) is 52.5 Å². The molecule has 1 amide bonds. The van der Waals surface area contributed by atoms with Crippen molar-refractivity contribution in [2.24, 2.45) is 0 Å². The maximum Gasteiger partial charge on any atom is 0.251 e. The minimum absolute atomic E-state index is 0.0319. The highest BCUT2D eigenvalue weighted by Crippen LogP contribution is 2.27. The molecule has 1 fully saturated rings. The number of carbonyl (C=O) groups is 1. The lowest BCUT2D eigenvalue weighted by molar-refractivity contribution is 0.0933. The molecule has 3 nitrogen and oxygen atoms in total. The Labute approximate surface area is 148 Å². The summed E-state index contributed by atoms with van der Waals surface area (Å²) >= 11 is 1.79. The molecule has 128 valence electrons. The van der Waals surface area contributed by atoms with Gasteiger partial charge in [0.25, 0.3) is 5.91 Å². The zero-order chi connectivity index (χ0) is 16.8. The number of likely N-dealkylation sites (tertiary alicyclic amines) is 1. The van der Waals surface area contributed by atoms with Crippen molar-refractivity contribution >= 4 is 17.2 Å². The number of aryl methyl sites for hydroxylation is 1. The molecule has 3 rings (SSSR count). The van der Waals surface area contributed by atoms with Crippen LogP contribution in [0.3, 0.4) is 0 Å². The number of thiophene rings is 1. The van der Waals surface area contributed by atoms with E-state index in [0.29, 0.717) is 6.54 Å². The molecule has 1 aromatic carbocycles. The van der Waals surface area contributed by atoms with Crippen LogP contribution >= 0.6 is 11.3 Å². The number of hydrogen-bond donors (Lipinski definition) is 1. The smallest absolute Gasteiger partial charge is 0.251 e. The maximum absolute atomic E-state index is 12.6. The van der Waals surface area contributed by atoms with Crippen molar-refractivity contribution in [3.05, 3.63) is 57.8 Å². The van der Waals surface area contributed by atoms with Crippen LogP contribution in [0.4, 0.5) is 0 Å². The molecule has 1 N–H and O–H groups in total. The van der Waals surface area contributed by atoms with Gasteiger partial charge in [0.15, 0.2) is 0 Å². The van der Waals surface area contributed by atoms with E-state index in [1.165, 1.54) is 30.6 Å². The first-order chi connectivity index (χ1) is 11.8. The number of carbonyl (C=O) groups excluding carboxylic acids is 1. The minimum atomic E-state index is 0.0319. The van der Waals surface area contributed by atoms with E-state index >= 15 is 0 Å². The molecule has 1 aromatic heterocycles. The third-order valence-electron chi connectivity index (χ3n) is 4.80. The molecule has 0 aliphatic carbocycles. The van der Waals surface area contributed by atoms with Gasteiger partial charge in [-0.15, -0.1) is 11.3 Å². The first-order valence-corrected chi connectivity index (χ1v) is 9.75. The number of hydrogen-bond acceptors (Lipinski definition) is 3. The van der Waals surface area contributed by atoms with Gasteiger partial charge in [-0.25, -0.2) is 0 Å². The van der Waals surface area contributed by atoms with Crippen LogP contribution in [-0.2, 0) is 0 Å². The largest absolute Gasteiger partial charge is 0.350 e. The molecule has 1 saturated heterocycles. The quantitative estimate of drug-likeness (QED) is 0.873. The molecule has 1 aliphatic rings. The van der Waals surface area contributed by atoms with E-state index in [4.69, 9.17) is 0 Å². The first kappa shape index (κ1) is 17.2. The molecule has 24 heavy (non-hydrogen) atoms. The highest BCUT2D eigenvalue weighted by molar-refractivity contribution is 7.10. The van der Waals surface area contributed by atoms with Crippen LogP contribution in [0.2, 0.25) is 0 Å². The predicted molar refractivity (Wildman–Crippen MR) is 101 cm³/mol. The topological polar surface area (TPSA) is 32.3 Å². The van der Waals surface area contributed by atoms with E-state index in [1.54, 1.807) is 11.3 Å². The lowest BCUT2D eigenvalue weighted by Crippen LogP contribution is -2.38. The van der Waals surface area contributed by atoms with E-state index < -0.39 is 0 Å². The molecular weight excluding hydrogens is 316 g/mol. The van der Waals surface area contributed by atoms with Crippen molar-refractivity contribution in [1.29, 1.82) is 0 Å². The summed E-state index contributed by atoms with van der Waals surface area (Å²) in [5.74, 6) is 0.0319. The monoisotopic (exact) mass is 342 g/mol. The van der Waals surface area contributed by atoms with Crippen molar-refractivity contribution in [3.63, 3.8) is 0 Å². The van der Waals surface area contributed by atoms with Crippen molar-refractivity contribution in [3.8, 4) is 0 Å². The summed E-state index contributed by atoms with van der Waals surface area (Å²) in [7, 11) is 0. The van der Waals surface area contributed by atoms with E-state index in [9.17, 15) is 4.79 Å². The summed E-state index contributed by atoms with van der Waals surface area (Å²) in [5, 5.41) is 5.30. The molecule has 2 aromatic rings.